The van der Waals surface area contributed by atoms with Gasteiger partial charge < -0.3 is 15.8 Å². The predicted molar refractivity (Wildman–Crippen MR) is 95.9 cm³/mol. The van der Waals surface area contributed by atoms with Gasteiger partial charge in [0.2, 0.25) is 0 Å². The molecule has 4 rings (SSSR count). The van der Waals surface area contributed by atoms with Gasteiger partial charge in [-0.15, -0.1) is 0 Å². The van der Waals surface area contributed by atoms with Crippen LogP contribution in [-0.4, -0.2) is 29.4 Å². The third-order valence-electron chi connectivity index (χ3n) is 4.74. The van der Waals surface area contributed by atoms with Crippen molar-refractivity contribution in [2.24, 2.45) is 16.6 Å². The third-order valence-corrected chi connectivity index (χ3v) is 4.96. The average molecular weight is 393 g/mol. The molecule has 9 heteroatoms. The number of ether oxygens (including phenoxy) is 1. The molecule has 0 bridgehead atoms. The van der Waals surface area contributed by atoms with Gasteiger partial charge in [0.05, 0.1) is 5.02 Å². The summed E-state index contributed by atoms with van der Waals surface area (Å²) in [5, 5.41) is 3.06. The Morgan fingerprint density at radius 2 is 2.19 bits per heavy atom. The molecule has 3 atom stereocenters. The van der Waals surface area contributed by atoms with Crippen LogP contribution in [0.2, 0.25) is 5.02 Å². The van der Waals surface area contributed by atoms with E-state index in [9.17, 15) is 13.6 Å². The van der Waals surface area contributed by atoms with Crippen LogP contribution in [0.25, 0.3) is 0 Å². The maximum atomic E-state index is 14.1. The van der Waals surface area contributed by atoms with Crippen molar-refractivity contribution in [3.8, 4) is 0 Å². The minimum absolute atomic E-state index is 0.156. The lowest BCUT2D eigenvalue weighted by Gasteiger charge is -2.33. The highest BCUT2D eigenvalue weighted by molar-refractivity contribution is 6.30. The average Bonchev–Trinajstić information content (AvgIpc) is 3.41. The summed E-state index contributed by atoms with van der Waals surface area (Å²) in [6.07, 6.45) is -1.31. The Balaban J connectivity index is 1.65. The normalized spacial score (nSPS) is 26.0. The standard InChI is InChI=1S/C18H15ClF2N4O2/c19-10-4-5-13(23-8-10)15(26)24-11-3-1-2-9(6-11)18(16(20)21)12-7-14(12)27-17(22)25-18/h1-6,8,12,14,16H,7H2,(H2,22,25)(H,24,26)/t12?,14-,18-/m1/s1. The first-order chi connectivity index (χ1) is 12.9. The van der Waals surface area contributed by atoms with Crippen molar-refractivity contribution in [1.29, 1.82) is 0 Å². The molecule has 1 saturated carbocycles. The van der Waals surface area contributed by atoms with Gasteiger partial charge in [-0.1, -0.05) is 23.7 Å². The number of benzene rings is 1. The van der Waals surface area contributed by atoms with E-state index in [1.54, 1.807) is 24.3 Å². The first-order valence-electron chi connectivity index (χ1n) is 8.23. The second-order valence-corrected chi connectivity index (χ2v) is 6.91. The largest absolute Gasteiger partial charge is 0.462 e. The summed E-state index contributed by atoms with van der Waals surface area (Å²) in [6, 6.07) is 9.00. The van der Waals surface area contributed by atoms with E-state index in [4.69, 9.17) is 22.1 Å². The number of hydrogen-bond donors (Lipinski definition) is 2. The maximum absolute atomic E-state index is 14.1. The zero-order valence-electron chi connectivity index (χ0n) is 13.9. The molecule has 1 amide bonds. The number of anilines is 1. The number of hydrogen-bond acceptors (Lipinski definition) is 5. The molecule has 2 aliphatic rings. The van der Waals surface area contributed by atoms with Crippen molar-refractivity contribution in [3.05, 3.63) is 58.9 Å². The number of amidine groups is 1. The van der Waals surface area contributed by atoms with Crippen molar-refractivity contribution in [3.63, 3.8) is 0 Å². The Labute approximate surface area is 158 Å². The lowest BCUT2D eigenvalue weighted by molar-refractivity contribution is 0.0197. The molecule has 0 spiro atoms. The molecule has 3 N–H and O–H groups in total. The van der Waals surface area contributed by atoms with Crippen LogP contribution in [-0.2, 0) is 10.3 Å². The molecule has 1 aromatic carbocycles. The number of aliphatic imine (C=N–C) groups is 1. The number of nitrogens with zero attached hydrogens (tertiary/aromatic N) is 2. The second kappa shape index (κ2) is 6.45. The zero-order chi connectivity index (χ0) is 19.2. The van der Waals surface area contributed by atoms with E-state index in [0.29, 0.717) is 17.1 Å². The van der Waals surface area contributed by atoms with Gasteiger partial charge in [-0.05, 0) is 36.2 Å². The van der Waals surface area contributed by atoms with Crippen LogP contribution in [0.4, 0.5) is 14.5 Å². The molecule has 140 valence electrons. The quantitative estimate of drug-likeness (QED) is 0.836. The van der Waals surface area contributed by atoms with Crippen LogP contribution in [0.5, 0.6) is 0 Å². The smallest absolute Gasteiger partial charge is 0.283 e. The number of nitrogens with two attached hydrogens (primary N) is 1. The second-order valence-electron chi connectivity index (χ2n) is 6.47. The SMILES string of the molecule is NC1=N[C@@](c2cccc(NC(=O)c3ccc(Cl)cn3)c2)(C(F)F)C2C[C@H]2O1. The fraction of sp³-hybridized carbons (Fsp3) is 0.278. The Bertz CT molecular complexity index is 922. The highest BCUT2D eigenvalue weighted by Crippen LogP contribution is 2.55. The molecule has 1 aliphatic carbocycles. The van der Waals surface area contributed by atoms with Crippen LogP contribution >= 0.6 is 11.6 Å². The monoisotopic (exact) mass is 392 g/mol. The molecular formula is C18H15ClF2N4O2. The van der Waals surface area contributed by atoms with Gasteiger partial charge in [0.15, 0.2) is 5.54 Å². The zero-order valence-corrected chi connectivity index (χ0v) is 14.7. The van der Waals surface area contributed by atoms with Gasteiger partial charge in [-0.25, -0.2) is 18.8 Å². The number of alkyl halides is 2. The topological polar surface area (TPSA) is 89.6 Å². The third kappa shape index (κ3) is 3.10. The van der Waals surface area contributed by atoms with E-state index in [-0.39, 0.29) is 23.4 Å². The Hall–Kier alpha value is -2.74. The van der Waals surface area contributed by atoms with Crippen LogP contribution in [0, 0.1) is 5.92 Å². The number of carbonyl (C=O) groups is 1. The van der Waals surface area contributed by atoms with Crippen molar-refractivity contribution in [2.75, 3.05) is 5.32 Å². The van der Waals surface area contributed by atoms with Gasteiger partial charge in [0.1, 0.15) is 11.8 Å². The lowest BCUT2D eigenvalue weighted by atomic mass is 9.85. The molecule has 1 aromatic heterocycles. The van der Waals surface area contributed by atoms with E-state index >= 15 is 0 Å². The molecule has 2 heterocycles. The lowest BCUT2D eigenvalue weighted by Crippen LogP contribution is -2.42. The van der Waals surface area contributed by atoms with Gasteiger partial charge in [0.25, 0.3) is 18.4 Å². The Morgan fingerprint density at radius 3 is 2.89 bits per heavy atom. The number of nitrogens with one attached hydrogen (secondary N) is 1. The van der Waals surface area contributed by atoms with E-state index in [0.717, 1.165) is 0 Å². The number of rotatable bonds is 4. The Morgan fingerprint density at radius 1 is 1.37 bits per heavy atom. The first-order valence-corrected chi connectivity index (χ1v) is 8.61. The van der Waals surface area contributed by atoms with Gasteiger partial charge in [-0.2, -0.15) is 0 Å². The molecular weight excluding hydrogens is 378 g/mol. The van der Waals surface area contributed by atoms with Crippen LogP contribution < -0.4 is 11.1 Å². The summed E-state index contributed by atoms with van der Waals surface area (Å²) in [4.78, 5) is 20.2. The van der Waals surface area contributed by atoms with E-state index in [1.807, 2.05) is 0 Å². The summed E-state index contributed by atoms with van der Waals surface area (Å²) in [5.74, 6) is -0.928. The van der Waals surface area contributed by atoms with Gasteiger partial charge in [-0.3, -0.25) is 4.79 Å². The fourth-order valence-corrected chi connectivity index (χ4v) is 3.49. The summed E-state index contributed by atoms with van der Waals surface area (Å²) < 4.78 is 33.4. The Kier molecular flexibility index (Phi) is 4.22. The van der Waals surface area contributed by atoms with Crippen molar-refractivity contribution < 1.29 is 18.3 Å². The van der Waals surface area contributed by atoms with Crippen molar-refractivity contribution in [2.45, 2.75) is 24.5 Å². The number of pyridine rings is 1. The summed E-state index contributed by atoms with van der Waals surface area (Å²) in [6.45, 7) is 0. The summed E-state index contributed by atoms with van der Waals surface area (Å²) in [7, 11) is 0. The summed E-state index contributed by atoms with van der Waals surface area (Å²) >= 11 is 5.76. The minimum atomic E-state index is -2.76. The van der Waals surface area contributed by atoms with Crippen molar-refractivity contribution >= 4 is 29.2 Å². The first kappa shape index (κ1) is 17.7. The highest BCUT2D eigenvalue weighted by atomic mass is 35.5. The number of aromatic nitrogens is 1. The molecule has 6 nitrogen and oxygen atoms in total. The summed E-state index contributed by atoms with van der Waals surface area (Å²) in [5.41, 5.74) is 4.63. The van der Waals surface area contributed by atoms with Gasteiger partial charge in [0, 0.05) is 17.8 Å². The molecule has 1 aliphatic heterocycles. The fourth-order valence-electron chi connectivity index (χ4n) is 3.38. The molecule has 0 radical (unpaired) electrons. The van der Waals surface area contributed by atoms with Crippen LogP contribution in [0.1, 0.15) is 22.5 Å². The number of halogens is 3. The number of carbonyl (C=O) groups excluding carboxylic acids is 1. The van der Waals surface area contributed by atoms with Crippen molar-refractivity contribution in [1.82, 2.24) is 4.98 Å². The van der Waals surface area contributed by atoms with E-state index < -0.39 is 23.8 Å². The highest BCUT2D eigenvalue weighted by Gasteiger charge is 2.63. The number of fused-ring (bicyclic) bond motifs is 1. The predicted octanol–water partition coefficient (Wildman–Crippen LogP) is 3.18. The molecule has 27 heavy (non-hydrogen) atoms. The number of amides is 1. The van der Waals surface area contributed by atoms with Crippen LogP contribution in [0.3, 0.4) is 0 Å². The maximum Gasteiger partial charge on any atom is 0.283 e. The molecule has 2 aromatic rings. The molecule has 0 saturated heterocycles. The van der Waals surface area contributed by atoms with E-state index in [1.165, 1.54) is 18.3 Å². The van der Waals surface area contributed by atoms with E-state index in [2.05, 4.69) is 15.3 Å². The van der Waals surface area contributed by atoms with Crippen LogP contribution in [0.15, 0.2) is 47.6 Å². The minimum Gasteiger partial charge on any atom is -0.462 e. The molecule has 1 unspecified atom stereocenters. The van der Waals surface area contributed by atoms with Gasteiger partial charge >= 0.3 is 0 Å². The molecule has 1 fully saturated rings.